The fourth-order valence-electron chi connectivity index (χ4n) is 1.70. The first-order valence-corrected chi connectivity index (χ1v) is 5.65. The van der Waals surface area contributed by atoms with E-state index in [2.05, 4.69) is 0 Å². The number of nitrogen functional groups attached to an aromatic ring is 1. The van der Waals surface area contributed by atoms with Gasteiger partial charge in [-0.25, -0.2) is 4.39 Å². The molecule has 0 atom stereocenters. The van der Waals surface area contributed by atoms with E-state index >= 15 is 0 Å². The van der Waals surface area contributed by atoms with Gasteiger partial charge in [0, 0.05) is 30.4 Å². The maximum absolute atomic E-state index is 13.5. The van der Waals surface area contributed by atoms with Gasteiger partial charge in [-0.05, 0) is 32.9 Å². The van der Waals surface area contributed by atoms with E-state index in [9.17, 15) is 14.3 Å². The topological polar surface area (TPSA) is 66.6 Å². The molecule has 0 aliphatic rings. The SMILES string of the molecule is Cc1c(N)cc(C(=O)N(C)CC(C)(C)O)cc1F. The molecule has 3 N–H and O–H groups in total. The van der Waals surface area contributed by atoms with Gasteiger partial charge in [0.25, 0.3) is 5.91 Å². The third kappa shape index (κ3) is 3.43. The second kappa shape index (κ2) is 4.94. The predicted molar refractivity (Wildman–Crippen MR) is 68.8 cm³/mol. The number of amides is 1. The van der Waals surface area contributed by atoms with Gasteiger partial charge in [0.2, 0.25) is 0 Å². The minimum atomic E-state index is -1.00. The van der Waals surface area contributed by atoms with Crippen LogP contribution in [0.25, 0.3) is 0 Å². The van der Waals surface area contributed by atoms with Crippen molar-refractivity contribution in [1.29, 1.82) is 0 Å². The quantitative estimate of drug-likeness (QED) is 0.804. The number of halogens is 1. The summed E-state index contributed by atoms with van der Waals surface area (Å²) in [6.07, 6.45) is 0. The van der Waals surface area contributed by atoms with Gasteiger partial charge in [0.15, 0.2) is 0 Å². The smallest absolute Gasteiger partial charge is 0.253 e. The van der Waals surface area contributed by atoms with Crippen LogP contribution < -0.4 is 5.73 Å². The Morgan fingerprint density at radius 1 is 1.50 bits per heavy atom. The average Bonchev–Trinajstić information content (AvgIpc) is 2.21. The first kappa shape index (κ1) is 14.4. The van der Waals surface area contributed by atoms with Crippen LogP contribution in [0.2, 0.25) is 0 Å². The molecule has 1 aromatic rings. The summed E-state index contributed by atoms with van der Waals surface area (Å²) >= 11 is 0. The lowest BCUT2D eigenvalue weighted by molar-refractivity contribution is 0.0368. The number of carbonyl (C=O) groups excluding carboxylic acids is 1. The summed E-state index contributed by atoms with van der Waals surface area (Å²) in [6, 6.07) is 2.61. The number of hydrogen-bond donors (Lipinski definition) is 2. The van der Waals surface area contributed by atoms with Crippen LogP contribution in [-0.4, -0.2) is 35.1 Å². The third-order valence-corrected chi connectivity index (χ3v) is 2.60. The second-order valence-electron chi connectivity index (χ2n) is 5.15. The van der Waals surface area contributed by atoms with Gasteiger partial charge in [-0.1, -0.05) is 0 Å². The standard InChI is InChI=1S/C13H19FN2O2/c1-8-10(14)5-9(6-11(8)15)12(17)16(4)7-13(2,3)18/h5-6,18H,7,15H2,1-4H3. The number of nitrogens with zero attached hydrogens (tertiary/aromatic N) is 1. The molecule has 0 fully saturated rings. The van der Waals surface area contributed by atoms with Crippen molar-refractivity contribution >= 4 is 11.6 Å². The van der Waals surface area contributed by atoms with Crippen LogP contribution in [0.1, 0.15) is 29.8 Å². The van der Waals surface area contributed by atoms with E-state index < -0.39 is 11.4 Å². The van der Waals surface area contributed by atoms with Gasteiger partial charge in [-0.3, -0.25) is 4.79 Å². The van der Waals surface area contributed by atoms with Crippen molar-refractivity contribution in [1.82, 2.24) is 4.90 Å². The van der Waals surface area contributed by atoms with Gasteiger partial charge in [-0.2, -0.15) is 0 Å². The molecular formula is C13H19FN2O2. The van der Waals surface area contributed by atoms with Gasteiger partial charge in [0.1, 0.15) is 5.82 Å². The van der Waals surface area contributed by atoms with Crippen LogP contribution in [0.3, 0.4) is 0 Å². The Balaban J connectivity index is 2.98. The monoisotopic (exact) mass is 254 g/mol. The van der Waals surface area contributed by atoms with Crippen LogP contribution in [0.4, 0.5) is 10.1 Å². The number of aliphatic hydroxyl groups is 1. The molecule has 0 bridgehead atoms. The Morgan fingerprint density at radius 2 is 2.06 bits per heavy atom. The van der Waals surface area contributed by atoms with Crippen molar-refractivity contribution in [2.75, 3.05) is 19.3 Å². The van der Waals surface area contributed by atoms with E-state index in [1.807, 2.05) is 0 Å². The largest absolute Gasteiger partial charge is 0.398 e. The zero-order valence-electron chi connectivity index (χ0n) is 11.1. The molecule has 0 aliphatic heterocycles. The fourth-order valence-corrected chi connectivity index (χ4v) is 1.70. The van der Waals surface area contributed by atoms with Crippen molar-refractivity contribution in [3.05, 3.63) is 29.1 Å². The molecule has 1 aromatic carbocycles. The van der Waals surface area contributed by atoms with Crippen LogP contribution in [0.5, 0.6) is 0 Å². The fraction of sp³-hybridized carbons (Fsp3) is 0.462. The molecule has 0 unspecified atom stereocenters. The summed E-state index contributed by atoms with van der Waals surface area (Å²) in [6.45, 7) is 4.91. The van der Waals surface area contributed by atoms with Crippen LogP contribution in [0, 0.1) is 12.7 Å². The maximum atomic E-state index is 13.5. The Labute approximate surface area is 106 Å². The highest BCUT2D eigenvalue weighted by molar-refractivity contribution is 5.95. The van der Waals surface area contributed by atoms with E-state index in [4.69, 9.17) is 5.73 Å². The minimum absolute atomic E-state index is 0.154. The summed E-state index contributed by atoms with van der Waals surface area (Å²) in [5.74, 6) is -0.877. The molecule has 100 valence electrons. The molecule has 0 radical (unpaired) electrons. The average molecular weight is 254 g/mol. The number of likely N-dealkylation sites (N-methyl/N-ethyl adjacent to an activating group) is 1. The molecule has 0 spiro atoms. The number of anilines is 1. The van der Waals surface area contributed by atoms with Gasteiger partial charge < -0.3 is 15.7 Å². The number of hydrogen-bond acceptors (Lipinski definition) is 3. The van der Waals surface area contributed by atoms with Gasteiger partial charge in [0.05, 0.1) is 5.60 Å². The molecule has 4 nitrogen and oxygen atoms in total. The molecular weight excluding hydrogens is 235 g/mol. The van der Waals surface area contributed by atoms with E-state index in [-0.39, 0.29) is 23.7 Å². The normalized spacial score (nSPS) is 11.4. The summed E-state index contributed by atoms with van der Waals surface area (Å²) in [5.41, 5.74) is 5.38. The predicted octanol–water partition coefficient (Wildman–Crippen LogP) is 1.56. The minimum Gasteiger partial charge on any atom is -0.398 e. The molecule has 0 heterocycles. The lowest BCUT2D eigenvalue weighted by Crippen LogP contribution is -2.39. The molecule has 0 saturated carbocycles. The van der Waals surface area contributed by atoms with Crippen molar-refractivity contribution in [3.63, 3.8) is 0 Å². The number of rotatable bonds is 3. The highest BCUT2D eigenvalue weighted by atomic mass is 19.1. The number of nitrogens with two attached hydrogens (primary N) is 1. The molecule has 0 aromatic heterocycles. The van der Waals surface area contributed by atoms with Gasteiger partial charge in [-0.15, -0.1) is 0 Å². The second-order valence-corrected chi connectivity index (χ2v) is 5.15. The first-order valence-electron chi connectivity index (χ1n) is 5.65. The molecule has 1 amide bonds. The summed E-state index contributed by atoms with van der Waals surface area (Å²) in [7, 11) is 1.55. The third-order valence-electron chi connectivity index (χ3n) is 2.60. The lowest BCUT2D eigenvalue weighted by Gasteiger charge is -2.25. The maximum Gasteiger partial charge on any atom is 0.253 e. The lowest BCUT2D eigenvalue weighted by atomic mass is 10.1. The molecule has 5 heteroatoms. The van der Waals surface area contributed by atoms with E-state index in [0.29, 0.717) is 5.56 Å². The van der Waals surface area contributed by atoms with E-state index in [1.165, 1.54) is 11.0 Å². The zero-order valence-corrected chi connectivity index (χ0v) is 11.1. The number of benzene rings is 1. The highest BCUT2D eigenvalue weighted by Crippen LogP contribution is 2.19. The van der Waals surface area contributed by atoms with E-state index in [0.717, 1.165) is 6.07 Å². The van der Waals surface area contributed by atoms with Crippen molar-refractivity contribution in [2.45, 2.75) is 26.4 Å². The summed E-state index contributed by atoms with van der Waals surface area (Å²) in [5, 5.41) is 9.64. The first-order chi connectivity index (χ1) is 8.11. The molecule has 0 saturated heterocycles. The van der Waals surface area contributed by atoms with Crippen molar-refractivity contribution in [3.8, 4) is 0 Å². The van der Waals surface area contributed by atoms with E-state index in [1.54, 1.807) is 27.8 Å². The highest BCUT2D eigenvalue weighted by Gasteiger charge is 2.21. The molecule has 1 rings (SSSR count). The van der Waals surface area contributed by atoms with Crippen molar-refractivity contribution < 1.29 is 14.3 Å². The molecule has 18 heavy (non-hydrogen) atoms. The summed E-state index contributed by atoms with van der Waals surface area (Å²) < 4.78 is 13.5. The van der Waals surface area contributed by atoms with Crippen LogP contribution in [0.15, 0.2) is 12.1 Å². The Bertz CT molecular complexity index is 444. The molecule has 0 aliphatic carbocycles. The summed E-state index contributed by atoms with van der Waals surface area (Å²) in [4.78, 5) is 13.4. The Kier molecular flexibility index (Phi) is 3.96. The van der Waals surface area contributed by atoms with Crippen LogP contribution >= 0.6 is 0 Å². The number of carbonyl (C=O) groups is 1. The zero-order chi connectivity index (χ0) is 14.1. The Hall–Kier alpha value is -1.62. The van der Waals surface area contributed by atoms with Gasteiger partial charge >= 0.3 is 0 Å². The van der Waals surface area contributed by atoms with Crippen LogP contribution in [-0.2, 0) is 0 Å². The Morgan fingerprint density at radius 3 is 2.50 bits per heavy atom. The van der Waals surface area contributed by atoms with Crippen molar-refractivity contribution in [2.24, 2.45) is 0 Å².